The van der Waals surface area contributed by atoms with E-state index < -0.39 is 0 Å². The number of carbonyl (C=O) groups is 1. The monoisotopic (exact) mass is 416 g/mol. The molecule has 6 nitrogen and oxygen atoms in total. The van der Waals surface area contributed by atoms with Crippen molar-refractivity contribution in [3.05, 3.63) is 101 Å². The number of nitrogen functional groups attached to an aromatic ring is 1. The summed E-state index contributed by atoms with van der Waals surface area (Å²) in [7, 11) is 1.93. The summed E-state index contributed by atoms with van der Waals surface area (Å²) in [6.45, 7) is 0.773. The third-order valence-electron chi connectivity index (χ3n) is 5.18. The van der Waals surface area contributed by atoms with Crippen molar-refractivity contribution in [3.63, 3.8) is 0 Å². The predicted molar refractivity (Wildman–Crippen MR) is 117 cm³/mol. The number of nitrogens with one attached hydrogen (secondary N) is 2. The standard InChI is InChI=1S/C24H22FN5O/c1-29-9-7-16(8-10-29)14-28-24(31)22-13-19-12-20(25)5-6-21(19)30(22)15-17-3-2-4-18(11-17)23(26)27/h2-13H,14-15H2,1H3,(H3-,26,27,28,31)/p+1. The molecule has 0 radical (unpaired) electrons. The minimum Gasteiger partial charge on any atom is -0.384 e. The Labute approximate surface area is 179 Å². The fourth-order valence-electron chi connectivity index (χ4n) is 3.54. The molecule has 0 atom stereocenters. The van der Waals surface area contributed by atoms with E-state index in [9.17, 15) is 9.18 Å². The zero-order valence-corrected chi connectivity index (χ0v) is 17.1. The van der Waals surface area contributed by atoms with Gasteiger partial charge in [0, 0.05) is 41.7 Å². The number of pyridine rings is 1. The zero-order chi connectivity index (χ0) is 22.0. The van der Waals surface area contributed by atoms with Gasteiger partial charge in [0.05, 0.1) is 0 Å². The molecule has 0 saturated carbocycles. The van der Waals surface area contributed by atoms with Gasteiger partial charge in [-0.1, -0.05) is 18.2 Å². The first-order valence-electron chi connectivity index (χ1n) is 9.85. The predicted octanol–water partition coefficient (Wildman–Crippen LogP) is 2.87. The minimum atomic E-state index is -0.354. The van der Waals surface area contributed by atoms with Crippen LogP contribution in [0, 0.1) is 11.2 Å². The first kappa shape index (κ1) is 20.3. The number of nitrogens with two attached hydrogens (primary N) is 1. The molecule has 0 unspecified atom stereocenters. The van der Waals surface area contributed by atoms with Crippen LogP contribution in [0.15, 0.2) is 73.1 Å². The topological polar surface area (TPSA) is 87.8 Å². The fourth-order valence-corrected chi connectivity index (χ4v) is 3.54. The summed E-state index contributed by atoms with van der Waals surface area (Å²) in [4.78, 5) is 13.0. The maximum atomic E-state index is 13.8. The average Bonchev–Trinajstić information content (AvgIpc) is 3.10. The number of aryl methyl sites for hydroxylation is 1. The van der Waals surface area contributed by atoms with Crippen LogP contribution in [0.5, 0.6) is 0 Å². The third-order valence-corrected chi connectivity index (χ3v) is 5.18. The molecule has 2 aromatic carbocycles. The number of halogens is 1. The van der Waals surface area contributed by atoms with Crippen LogP contribution in [0.2, 0.25) is 0 Å². The van der Waals surface area contributed by atoms with Gasteiger partial charge in [-0.05, 0) is 41.5 Å². The Morgan fingerprint density at radius 3 is 2.61 bits per heavy atom. The lowest BCUT2D eigenvalue weighted by molar-refractivity contribution is -0.671. The van der Waals surface area contributed by atoms with Crippen LogP contribution in [0.4, 0.5) is 4.39 Å². The van der Waals surface area contributed by atoms with E-state index in [0.717, 1.165) is 16.6 Å². The molecule has 7 heteroatoms. The number of carbonyl (C=O) groups excluding carboxylic acids is 1. The summed E-state index contributed by atoms with van der Waals surface area (Å²) in [5, 5.41) is 11.3. The summed E-state index contributed by atoms with van der Waals surface area (Å²) in [6, 6.07) is 17.4. The van der Waals surface area contributed by atoms with Crippen LogP contribution in [-0.4, -0.2) is 16.3 Å². The number of amidine groups is 1. The first-order valence-corrected chi connectivity index (χ1v) is 9.85. The normalized spacial score (nSPS) is 10.9. The molecule has 4 rings (SSSR count). The van der Waals surface area contributed by atoms with E-state index in [1.54, 1.807) is 18.2 Å². The van der Waals surface area contributed by atoms with Crippen molar-refractivity contribution in [2.75, 3.05) is 0 Å². The van der Waals surface area contributed by atoms with Gasteiger partial charge in [-0.15, -0.1) is 0 Å². The summed E-state index contributed by atoms with van der Waals surface area (Å²) in [5.41, 5.74) is 9.29. The van der Waals surface area contributed by atoms with Crippen molar-refractivity contribution < 1.29 is 13.8 Å². The van der Waals surface area contributed by atoms with E-state index in [-0.39, 0.29) is 17.6 Å². The van der Waals surface area contributed by atoms with Gasteiger partial charge in [-0.25, -0.2) is 8.96 Å². The van der Waals surface area contributed by atoms with Crippen LogP contribution in [-0.2, 0) is 20.1 Å². The SMILES string of the molecule is C[n+]1ccc(CNC(=O)c2cc3cc(F)ccc3n2Cc2cccc(C(=N)N)c2)cc1. The largest absolute Gasteiger partial charge is 0.384 e. The number of aromatic nitrogens is 2. The number of fused-ring (bicyclic) bond motifs is 1. The second kappa shape index (κ2) is 8.39. The van der Waals surface area contributed by atoms with Gasteiger partial charge in [0.15, 0.2) is 12.4 Å². The lowest BCUT2D eigenvalue weighted by Crippen LogP contribution is -2.28. The highest BCUT2D eigenvalue weighted by atomic mass is 19.1. The zero-order valence-electron chi connectivity index (χ0n) is 17.1. The molecule has 2 heterocycles. The van der Waals surface area contributed by atoms with Crippen LogP contribution >= 0.6 is 0 Å². The van der Waals surface area contributed by atoms with Gasteiger partial charge in [-0.3, -0.25) is 10.2 Å². The van der Waals surface area contributed by atoms with Crippen molar-refractivity contribution in [2.24, 2.45) is 12.8 Å². The van der Waals surface area contributed by atoms with Gasteiger partial charge in [0.1, 0.15) is 24.4 Å². The van der Waals surface area contributed by atoms with Gasteiger partial charge >= 0.3 is 0 Å². The van der Waals surface area contributed by atoms with Gasteiger partial charge in [0.2, 0.25) is 0 Å². The molecule has 0 aliphatic rings. The van der Waals surface area contributed by atoms with Crippen molar-refractivity contribution in [1.82, 2.24) is 9.88 Å². The van der Waals surface area contributed by atoms with Crippen LogP contribution in [0.25, 0.3) is 10.9 Å². The van der Waals surface area contributed by atoms with Crippen molar-refractivity contribution in [1.29, 1.82) is 5.41 Å². The van der Waals surface area contributed by atoms with Crippen molar-refractivity contribution in [2.45, 2.75) is 13.1 Å². The number of amides is 1. The van der Waals surface area contributed by atoms with E-state index in [2.05, 4.69) is 5.32 Å². The van der Waals surface area contributed by atoms with Crippen molar-refractivity contribution in [3.8, 4) is 0 Å². The Balaban J connectivity index is 1.67. The highest BCUT2D eigenvalue weighted by Gasteiger charge is 2.17. The second-order valence-corrected chi connectivity index (χ2v) is 7.49. The molecular formula is C24H23FN5O+. The molecule has 0 bridgehead atoms. The van der Waals surface area contributed by atoms with Crippen LogP contribution < -0.4 is 15.6 Å². The number of hydrogen-bond donors (Lipinski definition) is 3. The molecule has 0 aliphatic carbocycles. The number of hydrogen-bond acceptors (Lipinski definition) is 2. The highest BCUT2D eigenvalue weighted by Crippen LogP contribution is 2.23. The number of nitrogens with zero attached hydrogens (tertiary/aromatic N) is 2. The molecule has 0 fully saturated rings. The van der Waals surface area contributed by atoms with Crippen molar-refractivity contribution >= 4 is 22.6 Å². The highest BCUT2D eigenvalue weighted by molar-refractivity contribution is 5.99. The summed E-state index contributed by atoms with van der Waals surface area (Å²) >= 11 is 0. The van der Waals surface area contributed by atoms with Gasteiger partial charge < -0.3 is 15.6 Å². The second-order valence-electron chi connectivity index (χ2n) is 7.49. The summed E-state index contributed by atoms with van der Waals surface area (Å²) in [6.07, 6.45) is 3.84. The van der Waals surface area contributed by atoms with E-state index in [1.165, 1.54) is 12.1 Å². The van der Waals surface area contributed by atoms with Gasteiger partial charge in [0.25, 0.3) is 5.91 Å². The molecular weight excluding hydrogens is 393 g/mol. The van der Waals surface area contributed by atoms with E-state index >= 15 is 0 Å². The Kier molecular flexibility index (Phi) is 5.49. The molecule has 4 aromatic rings. The number of rotatable bonds is 6. The fraction of sp³-hybridized carbons (Fsp3) is 0.125. The summed E-state index contributed by atoms with van der Waals surface area (Å²) in [5.74, 6) is -0.615. The average molecular weight is 416 g/mol. The Morgan fingerprint density at radius 2 is 1.87 bits per heavy atom. The Hall–Kier alpha value is -4.00. The van der Waals surface area contributed by atoms with Crippen LogP contribution in [0.3, 0.4) is 0 Å². The molecule has 0 spiro atoms. The molecule has 0 saturated heterocycles. The lowest BCUT2D eigenvalue weighted by atomic mass is 10.1. The summed E-state index contributed by atoms with van der Waals surface area (Å²) < 4.78 is 17.6. The third kappa shape index (κ3) is 4.45. The first-order chi connectivity index (χ1) is 14.9. The lowest BCUT2D eigenvalue weighted by Gasteiger charge is -2.12. The van der Waals surface area contributed by atoms with E-state index in [1.807, 2.05) is 58.9 Å². The van der Waals surface area contributed by atoms with E-state index in [4.69, 9.17) is 11.1 Å². The maximum absolute atomic E-state index is 13.8. The molecule has 31 heavy (non-hydrogen) atoms. The Morgan fingerprint density at radius 1 is 1.10 bits per heavy atom. The number of benzene rings is 2. The quantitative estimate of drug-likeness (QED) is 0.256. The van der Waals surface area contributed by atoms with Crippen LogP contribution in [0.1, 0.15) is 27.2 Å². The molecule has 2 aromatic heterocycles. The minimum absolute atomic E-state index is 0.0180. The molecule has 0 aliphatic heterocycles. The smallest absolute Gasteiger partial charge is 0.268 e. The Bertz CT molecular complexity index is 1280. The maximum Gasteiger partial charge on any atom is 0.268 e. The molecule has 1 amide bonds. The van der Waals surface area contributed by atoms with Gasteiger partial charge in [-0.2, -0.15) is 0 Å². The van der Waals surface area contributed by atoms with E-state index in [0.29, 0.717) is 29.7 Å². The molecule has 156 valence electrons. The molecule has 4 N–H and O–H groups in total.